The summed E-state index contributed by atoms with van der Waals surface area (Å²) >= 11 is 0. The summed E-state index contributed by atoms with van der Waals surface area (Å²) in [5.41, 5.74) is -1.39. The largest absolute Gasteiger partial charge is 0.458 e. The first kappa shape index (κ1) is 12.8. The van der Waals surface area contributed by atoms with Crippen molar-refractivity contribution in [3.05, 3.63) is 0 Å². The molecule has 0 aromatic carbocycles. The summed E-state index contributed by atoms with van der Waals surface area (Å²) in [6.45, 7) is 10.2. The van der Waals surface area contributed by atoms with E-state index >= 15 is 0 Å². The molecule has 0 aromatic heterocycles. The van der Waals surface area contributed by atoms with Gasteiger partial charge < -0.3 is 9.47 Å². The molecule has 1 saturated heterocycles. The molecule has 19 heavy (non-hydrogen) atoms. The number of esters is 1. The number of carbonyl (C=O) groups is 2. The van der Waals surface area contributed by atoms with Gasteiger partial charge in [-0.3, -0.25) is 4.90 Å². The molecular weight excluding hydrogens is 246 g/mol. The Morgan fingerprint density at radius 2 is 1.63 bits per heavy atom. The van der Waals surface area contributed by atoms with Crippen molar-refractivity contribution in [2.24, 2.45) is 0 Å². The van der Waals surface area contributed by atoms with Gasteiger partial charge in [0.1, 0.15) is 17.2 Å². The first-order valence-corrected chi connectivity index (χ1v) is 6.43. The topological polar surface area (TPSA) is 55.8 Å². The fourth-order valence-corrected chi connectivity index (χ4v) is 1.63. The maximum Gasteiger partial charge on any atom is 0.411 e. The van der Waals surface area contributed by atoms with Crippen molar-refractivity contribution < 1.29 is 21.8 Å². The van der Waals surface area contributed by atoms with Gasteiger partial charge in [0, 0.05) is 9.29 Å². The quantitative estimate of drug-likeness (QED) is 0.689. The number of rotatable bonds is 1. The van der Waals surface area contributed by atoms with E-state index in [-0.39, 0.29) is 13.0 Å². The first-order valence-electron chi connectivity index (χ1n) is 7.43. The van der Waals surface area contributed by atoms with Gasteiger partial charge in [-0.15, -0.1) is 0 Å². The third kappa shape index (κ3) is 5.09. The van der Waals surface area contributed by atoms with Crippen LogP contribution in [0.3, 0.4) is 0 Å². The molecule has 110 valence electrons. The van der Waals surface area contributed by atoms with Gasteiger partial charge in [-0.2, -0.15) is 0 Å². The summed E-state index contributed by atoms with van der Waals surface area (Å²) in [5, 5.41) is 0. The van der Waals surface area contributed by atoms with Crippen molar-refractivity contribution in [1.82, 2.24) is 4.90 Å². The van der Waals surface area contributed by atoms with E-state index in [1.165, 1.54) is 0 Å². The lowest BCUT2D eigenvalue weighted by Gasteiger charge is -2.29. The van der Waals surface area contributed by atoms with Crippen LogP contribution in [0.25, 0.3) is 0 Å². The Hall–Kier alpha value is -1.26. The lowest BCUT2D eigenvalue weighted by atomic mass is 10.1. The third-order valence-corrected chi connectivity index (χ3v) is 2.30. The Balaban J connectivity index is 2.89. The maximum absolute atomic E-state index is 12.2. The monoisotopic (exact) mass is 273 g/mol. The van der Waals surface area contributed by atoms with Crippen molar-refractivity contribution >= 4 is 12.1 Å². The number of likely N-dealkylation sites (tertiary alicyclic amines) is 1. The molecule has 0 aromatic rings. The van der Waals surface area contributed by atoms with Gasteiger partial charge in [-0.25, -0.2) is 9.59 Å². The van der Waals surface area contributed by atoms with Crippen LogP contribution in [0.4, 0.5) is 4.79 Å². The highest BCUT2D eigenvalue weighted by molar-refractivity contribution is 5.82. The predicted octanol–water partition coefficient (Wildman–Crippen LogP) is 2.73. The Kier molecular flexibility index (Phi) is 3.62. The normalized spacial score (nSPS) is 24.5. The molecular formula is C14H25NO4. The van der Waals surface area contributed by atoms with Crippen molar-refractivity contribution in [1.29, 1.82) is 0 Å². The van der Waals surface area contributed by atoms with Crippen molar-refractivity contribution in [2.75, 3.05) is 6.54 Å². The van der Waals surface area contributed by atoms with E-state index in [9.17, 15) is 9.59 Å². The van der Waals surface area contributed by atoms with Crippen LogP contribution in [-0.2, 0) is 14.3 Å². The van der Waals surface area contributed by atoms with Crippen LogP contribution in [0.1, 0.15) is 57.1 Å². The van der Waals surface area contributed by atoms with Gasteiger partial charge in [0.25, 0.3) is 0 Å². The molecule has 1 heterocycles. The van der Waals surface area contributed by atoms with Gasteiger partial charge in [-0.05, 0) is 54.3 Å². The third-order valence-electron chi connectivity index (χ3n) is 2.30. The highest BCUT2D eigenvalue weighted by atomic mass is 16.6. The van der Waals surface area contributed by atoms with Gasteiger partial charge in [0.05, 0.1) is 0 Å². The van der Waals surface area contributed by atoms with Crippen LogP contribution < -0.4 is 0 Å². The number of hydrogen-bond donors (Lipinski definition) is 0. The van der Waals surface area contributed by atoms with Crippen molar-refractivity contribution in [2.45, 2.75) is 71.6 Å². The fourth-order valence-electron chi connectivity index (χ4n) is 1.63. The molecule has 1 atom stereocenters. The van der Waals surface area contributed by atoms with E-state index in [2.05, 4.69) is 0 Å². The second kappa shape index (κ2) is 5.39. The highest BCUT2D eigenvalue weighted by Gasteiger charge is 2.38. The number of ether oxygens (including phenoxy) is 2. The van der Waals surface area contributed by atoms with Gasteiger partial charge in [0.15, 0.2) is 0 Å². The average molecular weight is 273 g/mol. The predicted molar refractivity (Wildman–Crippen MR) is 71.8 cm³/mol. The second-order valence-corrected chi connectivity index (χ2v) is 6.61. The van der Waals surface area contributed by atoms with Crippen LogP contribution in [0.15, 0.2) is 0 Å². The molecule has 1 aliphatic heterocycles. The van der Waals surface area contributed by atoms with Gasteiger partial charge in [-0.1, -0.05) is 0 Å². The second-order valence-electron chi connectivity index (χ2n) is 6.61. The number of amides is 1. The number of nitrogens with zero attached hydrogens (tertiary/aromatic N) is 1. The van der Waals surface area contributed by atoms with Crippen LogP contribution in [0.5, 0.6) is 0 Å². The molecule has 0 unspecified atom stereocenters. The minimum Gasteiger partial charge on any atom is -0.458 e. The minimum absolute atomic E-state index is 0.0822. The molecule has 5 heteroatoms. The van der Waals surface area contributed by atoms with Crippen LogP contribution in [0, 0.1) is 0 Å². The van der Waals surface area contributed by atoms with E-state index in [0.29, 0.717) is 0 Å². The smallest absolute Gasteiger partial charge is 0.411 e. The maximum atomic E-state index is 12.2. The zero-order valence-corrected chi connectivity index (χ0v) is 12.6. The molecule has 0 saturated carbocycles. The molecule has 0 spiro atoms. The first-order chi connectivity index (χ1) is 9.20. The average Bonchev–Trinajstić information content (AvgIpc) is 2.49. The van der Waals surface area contributed by atoms with Crippen molar-refractivity contribution in [3.8, 4) is 0 Å². The van der Waals surface area contributed by atoms with Crippen LogP contribution in [-0.4, -0.2) is 40.8 Å². The highest BCUT2D eigenvalue weighted by Crippen LogP contribution is 2.23. The van der Waals surface area contributed by atoms with Gasteiger partial charge >= 0.3 is 12.1 Å². The SMILES string of the molecule is [2H]C1([2H])C[C@@H](C(=O)OC(C)(C)C)N(C(=O)OC(C)(C)C)C1. The molecule has 0 aliphatic carbocycles. The Bertz CT molecular complexity index is 386. The summed E-state index contributed by atoms with van der Waals surface area (Å²) < 4.78 is 26.1. The van der Waals surface area contributed by atoms with Crippen LogP contribution >= 0.6 is 0 Å². The summed E-state index contributed by atoms with van der Waals surface area (Å²) in [6.07, 6.45) is -2.40. The number of carbonyl (C=O) groups excluding carboxylic acids is 2. The van der Waals surface area contributed by atoms with Crippen molar-refractivity contribution in [3.63, 3.8) is 0 Å². The van der Waals surface area contributed by atoms with Gasteiger partial charge in [0.2, 0.25) is 0 Å². The molecule has 0 N–H and O–H groups in total. The van der Waals surface area contributed by atoms with E-state index in [1.807, 2.05) is 0 Å². The Morgan fingerprint density at radius 1 is 1.11 bits per heavy atom. The van der Waals surface area contributed by atoms with Crippen LogP contribution in [0.2, 0.25) is 0 Å². The molecule has 5 nitrogen and oxygen atoms in total. The molecule has 1 aliphatic rings. The van der Waals surface area contributed by atoms with E-state index in [1.54, 1.807) is 41.5 Å². The van der Waals surface area contributed by atoms with E-state index in [0.717, 1.165) is 4.90 Å². The summed E-state index contributed by atoms with van der Waals surface area (Å²) in [7, 11) is 0. The summed E-state index contributed by atoms with van der Waals surface area (Å²) in [4.78, 5) is 25.5. The Morgan fingerprint density at radius 3 is 2.11 bits per heavy atom. The standard InChI is InChI=1S/C14H25NO4/c1-13(2,3)18-11(16)10-8-7-9-15(10)12(17)19-14(4,5)6/h10H,7-9H2,1-6H3/t10-/m0/s1/i7D2. The lowest BCUT2D eigenvalue weighted by molar-refractivity contribution is -0.160. The molecule has 0 radical (unpaired) electrons. The number of hydrogen-bond acceptors (Lipinski definition) is 4. The van der Waals surface area contributed by atoms with E-state index < -0.39 is 35.7 Å². The fraction of sp³-hybridized carbons (Fsp3) is 0.857. The molecule has 1 fully saturated rings. The zero-order valence-electron chi connectivity index (χ0n) is 14.6. The summed E-state index contributed by atoms with van der Waals surface area (Å²) in [5.74, 6) is -0.602. The zero-order chi connectivity index (χ0) is 16.6. The molecule has 1 rings (SSSR count). The molecule has 1 amide bonds. The molecule has 0 bridgehead atoms. The summed E-state index contributed by atoms with van der Waals surface area (Å²) in [6, 6.07) is -0.950. The van der Waals surface area contributed by atoms with E-state index in [4.69, 9.17) is 12.2 Å². The minimum atomic E-state index is -1.63. The Labute approximate surface area is 118 Å². The lowest BCUT2D eigenvalue weighted by Crippen LogP contribution is -2.45.